The Morgan fingerprint density at radius 1 is 1.39 bits per heavy atom. The van der Waals surface area contributed by atoms with Crippen LogP contribution in [0.2, 0.25) is 0 Å². The van der Waals surface area contributed by atoms with Crippen LogP contribution in [-0.4, -0.2) is 78.4 Å². The van der Waals surface area contributed by atoms with Crippen LogP contribution in [0.4, 0.5) is 5.13 Å². The van der Waals surface area contributed by atoms with E-state index in [1.807, 2.05) is 33.1 Å². The molecule has 3 aromatic heterocycles. The van der Waals surface area contributed by atoms with Gasteiger partial charge in [-0.25, -0.2) is 14.3 Å². The number of nitrogens with zero attached hydrogens (tertiary/aromatic N) is 5. The van der Waals surface area contributed by atoms with E-state index in [2.05, 4.69) is 15.5 Å². The fraction of sp³-hybridized carbons (Fsp3) is 0.300. The summed E-state index contributed by atoms with van der Waals surface area (Å²) in [6.07, 6.45) is 5.69. The predicted octanol–water partition coefficient (Wildman–Crippen LogP) is -0.521. The van der Waals surface area contributed by atoms with E-state index in [1.54, 1.807) is 11.3 Å². The van der Waals surface area contributed by atoms with Crippen LogP contribution >= 0.6 is 34.4 Å². The molecule has 2 aliphatic rings. The first-order chi connectivity index (χ1) is 17.4. The van der Waals surface area contributed by atoms with Gasteiger partial charge in [0, 0.05) is 22.1 Å². The Kier molecular flexibility index (Phi) is 6.65. The molecular formula is C20H20N7O6S3+. The van der Waals surface area contributed by atoms with Gasteiger partial charge in [-0.1, -0.05) is 16.5 Å². The third kappa shape index (κ3) is 4.43. The fourth-order valence-corrected chi connectivity index (χ4v) is 6.54. The highest BCUT2D eigenvalue weighted by atomic mass is 32.2. The Bertz CT molecular complexity index is 1380. The number of nitrogen functional groups attached to an aromatic ring is 1. The van der Waals surface area contributed by atoms with Crippen molar-refractivity contribution < 1.29 is 34.0 Å². The Labute approximate surface area is 215 Å². The SMILES string of the molecule is Nc1nc(/C(=N/OCCO)C(=O)N[C@@H]2C(=O)N3C(C(=O)O)=C(C[n+]4cc5sccn5c4)CS[C@H]23)cs1. The third-order valence-electron chi connectivity index (χ3n) is 5.44. The van der Waals surface area contributed by atoms with E-state index in [-0.39, 0.29) is 35.4 Å². The smallest absolute Gasteiger partial charge is 0.352 e. The van der Waals surface area contributed by atoms with Gasteiger partial charge in [-0.3, -0.25) is 14.5 Å². The molecule has 0 spiro atoms. The van der Waals surface area contributed by atoms with Crippen molar-refractivity contribution in [2.75, 3.05) is 24.7 Å². The number of carbonyl (C=O) groups is 3. The fourth-order valence-electron chi connectivity index (χ4n) is 3.90. The molecule has 0 saturated carbocycles. The molecule has 2 amide bonds. The van der Waals surface area contributed by atoms with Crippen molar-refractivity contribution in [3.63, 3.8) is 0 Å². The number of fused-ring (bicyclic) bond motifs is 2. The molecule has 5 rings (SSSR count). The van der Waals surface area contributed by atoms with Gasteiger partial charge in [-0.15, -0.1) is 23.1 Å². The second-order valence-electron chi connectivity index (χ2n) is 7.75. The average Bonchev–Trinajstić information content (AvgIpc) is 3.56. The minimum Gasteiger partial charge on any atom is -0.477 e. The van der Waals surface area contributed by atoms with E-state index in [0.717, 1.165) is 16.2 Å². The summed E-state index contributed by atoms with van der Waals surface area (Å²) >= 11 is 4.03. The van der Waals surface area contributed by atoms with E-state index < -0.39 is 29.2 Å². The lowest BCUT2D eigenvalue weighted by molar-refractivity contribution is -0.687. The van der Waals surface area contributed by atoms with Crippen LogP contribution in [0, 0.1) is 0 Å². The van der Waals surface area contributed by atoms with Crippen molar-refractivity contribution in [1.29, 1.82) is 0 Å². The van der Waals surface area contributed by atoms with Gasteiger partial charge in [0.2, 0.25) is 11.2 Å². The highest BCUT2D eigenvalue weighted by Gasteiger charge is 2.54. The number of carboxylic acids is 1. The Balaban J connectivity index is 1.34. The molecule has 13 nitrogen and oxygen atoms in total. The van der Waals surface area contributed by atoms with Crippen LogP contribution in [-0.2, 0) is 25.8 Å². The quantitative estimate of drug-likeness (QED) is 0.0898. The standard InChI is InChI=1S/C20H19N7O6S3/c21-20-22-11(8-36-20)13(24-33-3-2-28)16(29)23-14-17(30)27-15(19(31)32)10(7-35-18(14)27)5-25-6-12-26(9-25)1-4-34-12/h1,4,6,8-9,14,18,28H,2-3,5,7H2,(H3-,21,22,23,29,31,32)/p+1/b24-13-/t14-,18-/m1/s1. The first-order valence-corrected chi connectivity index (χ1v) is 13.4. The molecule has 0 unspecified atom stereocenters. The van der Waals surface area contributed by atoms with Crippen molar-refractivity contribution in [2.24, 2.45) is 5.16 Å². The van der Waals surface area contributed by atoms with Gasteiger partial charge in [0.25, 0.3) is 11.8 Å². The van der Waals surface area contributed by atoms with Crippen LogP contribution in [0.3, 0.4) is 0 Å². The monoisotopic (exact) mass is 550 g/mol. The number of anilines is 1. The first kappa shape index (κ1) is 24.2. The van der Waals surface area contributed by atoms with Crippen molar-refractivity contribution in [1.82, 2.24) is 19.6 Å². The topological polar surface area (TPSA) is 176 Å². The molecule has 2 aliphatic heterocycles. The van der Waals surface area contributed by atoms with Crippen molar-refractivity contribution in [3.05, 3.63) is 46.4 Å². The Morgan fingerprint density at radius 3 is 2.92 bits per heavy atom. The summed E-state index contributed by atoms with van der Waals surface area (Å²) in [5.74, 6) is -2.09. The molecular weight excluding hydrogens is 530 g/mol. The summed E-state index contributed by atoms with van der Waals surface area (Å²) in [4.78, 5) is 49.4. The summed E-state index contributed by atoms with van der Waals surface area (Å²) in [5, 5.41) is 28.3. The molecule has 188 valence electrons. The van der Waals surface area contributed by atoms with Gasteiger partial charge in [0.05, 0.1) is 6.61 Å². The highest BCUT2D eigenvalue weighted by Crippen LogP contribution is 2.40. The van der Waals surface area contributed by atoms with Crippen LogP contribution in [0.15, 0.2) is 45.9 Å². The number of amides is 2. The van der Waals surface area contributed by atoms with Gasteiger partial charge in [-0.05, 0) is 0 Å². The van der Waals surface area contributed by atoms with E-state index in [0.29, 0.717) is 17.9 Å². The zero-order valence-electron chi connectivity index (χ0n) is 18.4. The molecule has 0 aliphatic carbocycles. The predicted molar refractivity (Wildman–Crippen MR) is 131 cm³/mol. The number of β-lactam (4-membered cyclic amide) rings is 1. The number of aliphatic hydroxyl groups is 1. The van der Waals surface area contributed by atoms with E-state index in [9.17, 15) is 19.5 Å². The number of carbonyl (C=O) groups excluding carboxylic acids is 2. The number of aliphatic hydroxyl groups excluding tert-OH is 1. The van der Waals surface area contributed by atoms with Crippen molar-refractivity contribution >= 4 is 67.9 Å². The molecule has 36 heavy (non-hydrogen) atoms. The molecule has 2 atom stereocenters. The molecule has 3 aromatic rings. The van der Waals surface area contributed by atoms with Gasteiger partial charge < -0.3 is 26.1 Å². The molecule has 1 saturated heterocycles. The number of aromatic nitrogens is 3. The largest absolute Gasteiger partial charge is 0.477 e. The minimum absolute atomic E-state index is 0.0660. The maximum absolute atomic E-state index is 13.0. The molecule has 0 bridgehead atoms. The number of nitrogens with one attached hydrogen (secondary N) is 1. The number of hydrogen-bond donors (Lipinski definition) is 4. The molecule has 5 N–H and O–H groups in total. The van der Waals surface area contributed by atoms with Crippen LogP contribution in [0.5, 0.6) is 0 Å². The molecule has 1 fully saturated rings. The number of thiazole rings is 2. The summed E-state index contributed by atoms with van der Waals surface area (Å²) < 4.78 is 3.81. The maximum atomic E-state index is 13.0. The number of oxime groups is 1. The molecule has 0 radical (unpaired) electrons. The van der Waals surface area contributed by atoms with E-state index in [4.69, 9.17) is 15.7 Å². The maximum Gasteiger partial charge on any atom is 0.352 e. The molecule has 0 aromatic carbocycles. The van der Waals surface area contributed by atoms with Gasteiger partial charge >= 0.3 is 5.97 Å². The van der Waals surface area contributed by atoms with E-state index in [1.165, 1.54) is 22.0 Å². The first-order valence-electron chi connectivity index (χ1n) is 10.5. The summed E-state index contributed by atoms with van der Waals surface area (Å²) in [6.45, 7) is -0.127. The number of imidazole rings is 1. The normalized spacial score (nSPS) is 19.9. The van der Waals surface area contributed by atoms with Gasteiger partial charge in [0.1, 0.15) is 48.4 Å². The third-order valence-corrected chi connectivity index (χ3v) is 8.27. The Hall–Kier alpha value is -3.47. The second-order valence-corrected chi connectivity index (χ2v) is 10.7. The number of hydrogen-bond acceptors (Lipinski definition) is 11. The van der Waals surface area contributed by atoms with Crippen LogP contribution in [0.25, 0.3) is 4.83 Å². The highest BCUT2D eigenvalue weighted by molar-refractivity contribution is 8.00. The second kappa shape index (κ2) is 9.88. The lowest BCUT2D eigenvalue weighted by Gasteiger charge is -2.49. The summed E-state index contributed by atoms with van der Waals surface area (Å²) in [7, 11) is 0. The zero-order chi connectivity index (χ0) is 25.4. The number of rotatable bonds is 9. The van der Waals surface area contributed by atoms with Crippen LogP contribution < -0.4 is 15.6 Å². The lowest BCUT2D eigenvalue weighted by Crippen LogP contribution is -2.71. The Morgan fingerprint density at radius 2 is 2.22 bits per heavy atom. The van der Waals surface area contributed by atoms with Crippen molar-refractivity contribution in [3.8, 4) is 0 Å². The molecule has 5 heterocycles. The van der Waals surface area contributed by atoms with Crippen molar-refractivity contribution in [2.45, 2.75) is 18.0 Å². The van der Waals surface area contributed by atoms with Gasteiger partial charge in [-0.2, -0.15) is 4.40 Å². The van der Waals surface area contributed by atoms with E-state index >= 15 is 0 Å². The van der Waals surface area contributed by atoms with Gasteiger partial charge in [0.15, 0.2) is 10.8 Å². The number of nitrogens with two attached hydrogens (primary N) is 1. The van der Waals surface area contributed by atoms with Crippen LogP contribution in [0.1, 0.15) is 5.69 Å². The average molecular weight is 551 g/mol. The summed E-state index contributed by atoms with van der Waals surface area (Å²) in [6, 6.07) is -0.954. The minimum atomic E-state index is -1.20. The summed E-state index contributed by atoms with van der Waals surface area (Å²) in [5.41, 5.74) is 6.15. The number of thioether (sulfide) groups is 1. The lowest BCUT2D eigenvalue weighted by atomic mass is 10.0. The number of aliphatic carboxylic acids is 1. The zero-order valence-corrected chi connectivity index (χ0v) is 20.9. The molecule has 16 heteroatoms. The number of carboxylic acid groups (broad SMARTS) is 1.